The molecule has 2 aromatic carbocycles. The van der Waals surface area contributed by atoms with E-state index in [9.17, 15) is 18.4 Å². The molecule has 3 N–H and O–H groups in total. The molecular formula is C17H17F2N3O3. The molecule has 0 fully saturated rings. The Morgan fingerprint density at radius 1 is 1.08 bits per heavy atom. The van der Waals surface area contributed by atoms with Gasteiger partial charge in [-0.15, -0.1) is 0 Å². The van der Waals surface area contributed by atoms with Gasteiger partial charge in [-0.2, -0.15) is 0 Å². The number of anilines is 2. The molecular weight excluding hydrogens is 332 g/mol. The lowest BCUT2D eigenvalue weighted by Gasteiger charge is -2.10. The van der Waals surface area contributed by atoms with Crippen molar-refractivity contribution in [1.29, 1.82) is 0 Å². The quantitative estimate of drug-likeness (QED) is 0.701. The molecule has 25 heavy (non-hydrogen) atoms. The highest BCUT2D eigenvalue weighted by molar-refractivity contribution is 5.89. The van der Waals surface area contributed by atoms with Crippen LogP contribution in [-0.2, 0) is 4.79 Å². The minimum Gasteiger partial charge on any atom is -0.492 e. The molecule has 0 heterocycles. The zero-order valence-corrected chi connectivity index (χ0v) is 13.4. The third-order valence-electron chi connectivity index (χ3n) is 3.01. The highest BCUT2D eigenvalue weighted by atomic mass is 19.2. The van der Waals surface area contributed by atoms with Gasteiger partial charge in [0.15, 0.2) is 11.6 Å². The summed E-state index contributed by atoms with van der Waals surface area (Å²) in [4.78, 5) is 22.6. The number of ether oxygens (including phenoxy) is 1. The Bertz CT molecular complexity index is 769. The van der Waals surface area contributed by atoms with Crippen molar-refractivity contribution in [2.45, 2.75) is 6.92 Å². The van der Waals surface area contributed by atoms with Crippen LogP contribution in [0.25, 0.3) is 0 Å². The van der Waals surface area contributed by atoms with Crippen LogP contribution in [-0.4, -0.2) is 25.1 Å². The number of carbonyl (C=O) groups excluding carboxylic acids is 2. The number of halogens is 2. The van der Waals surface area contributed by atoms with E-state index in [1.807, 2.05) is 0 Å². The molecule has 0 bridgehead atoms. The molecule has 0 aliphatic rings. The second-order valence-electron chi connectivity index (χ2n) is 5.04. The van der Waals surface area contributed by atoms with Gasteiger partial charge >= 0.3 is 6.03 Å². The standard InChI is InChI=1S/C17H17F2N3O3/c1-11(23)21-12-4-2-5-13(10-12)25-9-8-20-17(24)22-15-7-3-6-14(18)16(15)19/h2-7,10H,8-9H2,1H3,(H,21,23)(H2,20,22,24). The van der Waals surface area contributed by atoms with E-state index in [1.54, 1.807) is 24.3 Å². The molecule has 0 saturated carbocycles. The lowest BCUT2D eigenvalue weighted by molar-refractivity contribution is -0.114. The van der Waals surface area contributed by atoms with Crippen LogP contribution in [0.15, 0.2) is 42.5 Å². The zero-order chi connectivity index (χ0) is 18.2. The number of amides is 3. The first-order chi connectivity index (χ1) is 12.0. The number of benzene rings is 2. The number of urea groups is 1. The van der Waals surface area contributed by atoms with Crippen molar-refractivity contribution < 1.29 is 23.1 Å². The molecule has 0 spiro atoms. The zero-order valence-electron chi connectivity index (χ0n) is 13.4. The summed E-state index contributed by atoms with van der Waals surface area (Å²) < 4.78 is 31.9. The van der Waals surface area contributed by atoms with Crippen LogP contribution in [0.2, 0.25) is 0 Å². The molecule has 0 aliphatic carbocycles. The van der Waals surface area contributed by atoms with E-state index in [1.165, 1.54) is 19.1 Å². The van der Waals surface area contributed by atoms with Gasteiger partial charge in [0, 0.05) is 18.7 Å². The Labute approximate surface area is 143 Å². The molecule has 3 amide bonds. The monoisotopic (exact) mass is 349 g/mol. The highest BCUT2D eigenvalue weighted by Gasteiger charge is 2.10. The minimum atomic E-state index is -1.12. The van der Waals surface area contributed by atoms with Gasteiger partial charge in [-0.1, -0.05) is 12.1 Å². The van der Waals surface area contributed by atoms with Gasteiger partial charge in [-0.3, -0.25) is 4.79 Å². The second-order valence-corrected chi connectivity index (χ2v) is 5.04. The third kappa shape index (κ3) is 5.76. The Hall–Kier alpha value is -3.16. The second kappa shape index (κ2) is 8.62. The third-order valence-corrected chi connectivity index (χ3v) is 3.01. The predicted octanol–water partition coefficient (Wildman–Crippen LogP) is 3.12. The SMILES string of the molecule is CC(=O)Nc1cccc(OCCNC(=O)Nc2cccc(F)c2F)c1. The number of hydrogen-bond donors (Lipinski definition) is 3. The molecule has 0 saturated heterocycles. The van der Waals surface area contributed by atoms with Crippen LogP contribution in [0.3, 0.4) is 0 Å². The lowest BCUT2D eigenvalue weighted by Crippen LogP contribution is -2.32. The summed E-state index contributed by atoms with van der Waals surface area (Å²) in [6.45, 7) is 1.70. The van der Waals surface area contributed by atoms with Crippen molar-refractivity contribution in [3.63, 3.8) is 0 Å². The lowest BCUT2D eigenvalue weighted by atomic mass is 10.3. The van der Waals surface area contributed by atoms with E-state index in [0.29, 0.717) is 11.4 Å². The smallest absolute Gasteiger partial charge is 0.319 e. The molecule has 2 rings (SSSR count). The molecule has 0 aromatic heterocycles. The van der Waals surface area contributed by atoms with Gasteiger partial charge in [-0.05, 0) is 24.3 Å². The van der Waals surface area contributed by atoms with Gasteiger partial charge < -0.3 is 20.7 Å². The summed E-state index contributed by atoms with van der Waals surface area (Å²) in [5, 5.41) is 7.30. The number of hydrogen-bond acceptors (Lipinski definition) is 3. The van der Waals surface area contributed by atoms with Crippen LogP contribution in [0.1, 0.15) is 6.92 Å². The molecule has 132 valence electrons. The maximum Gasteiger partial charge on any atom is 0.319 e. The maximum absolute atomic E-state index is 13.4. The van der Waals surface area contributed by atoms with Crippen LogP contribution >= 0.6 is 0 Å². The first-order valence-electron chi connectivity index (χ1n) is 7.45. The summed E-state index contributed by atoms with van der Waals surface area (Å²) >= 11 is 0. The Balaban J connectivity index is 1.76. The number of carbonyl (C=O) groups is 2. The predicted molar refractivity (Wildman–Crippen MR) is 89.6 cm³/mol. The van der Waals surface area contributed by atoms with E-state index in [-0.39, 0.29) is 24.7 Å². The molecule has 0 atom stereocenters. The summed E-state index contributed by atoms with van der Waals surface area (Å²) in [6.07, 6.45) is 0. The number of nitrogens with one attached hydrogen (secondary N) is 3. The van der Waals surface area contributed by atoms with Crippen LogP contribution in [0.4, 0.5) is 25.0 Å². The average molecular weight is 349 g/mol. The van der Waals surface area contributed by atoms with Crippen LogP contribution in [0, 0.1) is 11.6 Å². The van der Waals surface area contributed by atoms with Crippen molar-refractivity contribution in [3.8, 4) is 5.75 Å². The van der Waals surface area contributed by atoms with Crippen molar-refractivity contribution >= 4 is 23.3 Å². The van der Waals surface area contributed by atoms with E-state index in [0.717, 1.165) is 6.07 Å². The highest BCUT2D eigenvalue weighted by Crippen LogP contribution is 2.17. The van der Waals surface area contributed by atoms with Crippen LogP contribution < -0.4 is 20.7 Å². The summed E-state index contributed by atoms with van der Waals surface area (Å²) in [5.41, 5.74) is 0.346. The fourth-order valence-corrected chi connectivity index (χ4v) is 1.97. The van der Waals surface area contributed by atoms with Gasteiger partial charge in [0.2, 0.25) is 5.91 Å². The largest absolute Gasteiger partial charge is 0.492 e. The Morgan fingerprint density at radius 3 is 2.60 bits per heavy atom. The maximum atomic E-state index is 13.4. The van der Waals surface area contributed by atoms with Crippen LogP contribution in [0.5, 0.6) is 5.75 Å². The molecule has 8 heteroatoms. The van der Waals surface area contributed by atoms with E-state index >= 15 is 0 Å². The van der Waals surface area contributed by atoms with Crippen molar-refractivity contribution in [2.24, 2.45) is 0 Å². The Morgan fingerprint density at radius 2 is 1.84 bits per heavy atom. The molecule has 2 aromatic rings. The summed E-state index contributed by atoms with van der Waals surface area (Å²) in [5.74, 6) is -1.84. The van der Waals surface area contributed by atoms with E-state index in [4.69, 9.17) is 4.74 Å². The normalized spacial score (nSPS) is 10.0. The van der Waals surface area contributed by atoms with Gasteiger partial charge in [-0.25, -0.2) is 13.6 Å². The Kier molecular flexibility index (Phi) is 6.27. The number of rotatable bonds is 6. The summed E-state index contributed by atoms with van der Waals surface area (Å²) in [6, 6.07) is 9.60. The first kappa shape index (κ1) is 18.2. The molecule has 0 radical (unpaired) electrons. The van der Waals surface area contributed by atoms with Gasteiger partial charge in [0.25, 0.3) is 0 Å². The minimum absolute atomic E-state index is 0.146. The van der Waals surface area contributed by atoms with Crippen molar-refractivity contribution in [3.05, 3.63) is 54.1 Å². The van der Waals surface area contributed by atoms with Gasteiger partial charge in [0.05, 0.1) is 12.2 Å². The molecule has 6 nitrogen and oxygen atoms in total. The van der Waals surface area contributed by atoms with E-state index < -0.39 is 17.7 Å². The van der Waals surface area contributed by atoms with Gasteiger partial charge in [0.1, 0.15) is 12.4 Å². The fourth-order valence-electron chi connectivity index (χ4n) is 1.97. The molecule has 0 aliphatic heterocycles. The fraction of sp³-hybridized carbons (Fsp3) is 0.176. The topological polar surface area (TPSA) is 79.5 Å². The van der Waals surface area contributed by atoms with E-state index in [2.05, 4.69) is 16.0 Å². The molecule has 0 unspecified atom stereocenters. The summed E-state index contributed by atoms with van der Waals surface area (Å²) in [7, 11) is 0. The average Bonchev–Trinajstić information content (AvgIpc) is 2.56. The van der Waals surface area contributed by atoms with Crippen molar-refractivity contribution in [2.75, 3.05) is 23.8 Å². The van der Waals surface area contributed by atoms with Crippen molar-refractivity contribution in [1.82, 2.24) is 5.32 Å². The first-order valence-corrected chi connectivity index (χ1v) is 7.45.